The van der Waals surface area contributed by atoms with Crippen molar-refractivity contribution in [3.8, 4) is 0 Å². The highest BCUT2D eigenvalue weighted by atomic mass is 16.1. The number of hydrogen-bond donors (Lipinski definition) is 2. The summed E-state index contributed by atoms with van der Waals surface area (Å²) >= 11 is 0. The van der Waals surface area contributed by atoms with Gasteiger partial charge in [0.25, 0.3) is 0 Å². The van der Waals surface area contributed by atoms with Gasteiger partial charge in [-0.15, -0.1) is 0 Å². The Morgan fingerprint density at radius 3 is 2.33 bits per heavy atom. The minimum absolute atomic E-state index is 0.0853. The van der Waals surface area contributed by atoms with Gasteiger partial charge in [0, 0.05) is 19.0 Å². The van der Waals surface area contributed by atoms with E-state index < -0.39 is 0 Å². The van der Waals surface area contributed by atoms with Crippen LogP contribution < -0.4 is 10.6 Å². The molecule has 1 fully saturated rings. The third kappa shape index (κ3) is 2.48. The fourth-order valence-electron chi connectivity index (χ4n) is 1.91. The van der Waals surface area contributed by atoms with Gasteiger partial charge in [0.15, 0.2) is 0 Å². The van der Waals surface area contributed by atoms with Crippen LogP contribution in [0.4, 0.5) is 0 Å². The van der Waals surface area contributed by atoms with E-state index in [9.17, 15) is 4.79 Å². The molecule has 0 spiro atoms. The molecule has 1 amide bonds. The fraction of sp³-hybridized carbons (Fsp3) is 0.889. The third-order valence-electron chi connectivity index (χ3n) is 2.53. The Kier molecular flexibility index (Phi) is 3.53. The Labute approximate surface area is 73.9 Å². The summed E-state index contributed by atoms with van der Waals surface area (Å²) in [6, 6.07) is 0.823. The monoisotopic (exact) mass is 170 g/mol. The molecule has 2 N–H and O–H groups in total. The molecule has 1 rings (SSSR count). The summed E-state index contributed by atoms with van der Waals surface area (Å²) in [6.45, 7) is 1.58. The quantitative estimate of drug-likeness (QED) is 0.639. The molecule has 0 aliphatic heterocycles. The van der Waals surface area contributed by atoms with Crippen molar-refractivity contribution in [2.24, 2.45) is 0 Å². The second kappa shape index (κ2) is 4.45. The van der Waals surface area contributed by atoms with Crippen molar-refractivity contribution in [3.05, 3.63) is 0 Å². The summed E-state index contributed by atoms with van der Waals surface area (Å²) in [7, 11) is 1.96. The Balaban J connectivity index is 2.41. The summed E-state index contributed by atoms with van der Waals surface area (Å²) in [5, 5.41) is 6.23. The predicted molar refractivity (Wildman–Crippen MR) is 48.9 cm³/mol. The first-order valence-electron chi connectivity index (χ1n) is 4.68. The van der Waals surface area contributed by atoms with Crippen LogP contribution in [0.3, 0.4) is 0 Å². The van der Waals surface area contributed by atoms with E-state index in [0.717, 1.165) is 6.42 Å². The lowest BCUT2D eigenvalue weighted by Crippen LogP contribution is -2.49. The molecule has 1 aliphatic rings. The van der Waals surface area contributed by atoms with E-state index in [-0.39, 0.29) is 5.91 Å². The van der Waals surface area contributed by atoms with Crippen molar-refractivity contribution < 1.29 is 4.79 Å². The minimum atomic E-state index is 0.0853. The molecule has 3 nitrogen and oxygen atoms in total. The van der Waals surface area contributed by atoms with Gasteiger partial charge in [-0.05, 0) is 19.9 Å². The van der Waals surface area contributed by atoms with Gasteiger partial charge < -0.3 is 10.6 Å². The Hall–Kier alpha value is -0.570. The molecule has 0 heterocycles. The van der Waals surface area contributed by atoms with Crippen LogP contribution in [0.2, 0.25) is 0 Å². The van der Waals surface area contributed by atoms with Crippen LogP contribution in [0.15, 0.2) is 0 Å². The maximum absolute atomic E-state index is 10.8. The van der Waals surface area contributed by atoms with Crippen molar-refractivity contribution in [1.29, 1.82) is 0 Å². The average molecular weight is 170 g/mol. The highest BCUT2D eigenvalue weighted by molar-refractivity contribution is 5.73. The van der Waals surface area contributed by atoms with Crippen molar-refractivity contribution in [1.82, 2.24) is 10.6 Å². The molecule has 12 heavy (non-hydrogen) atoms. The number of rotatable bonds is 2. The van der Waals surface area contributed by atoms with E-state index in [2.05, 4.69) is 10.6 Å². The standard InChI is InChI=1S/C9H18N2O/c1-7(12)11-9-6-4-3-5-8(9)10-2/h8-10H,3-6H2,1-2H3,(H,11,12)/t8-,9+/m0/s1. The highest BCUT2D eigenvalue weighted by Gasteiger charge is 2.23. The Morgan fingerprint density at radius 2 is 1.83 bits per heavy atom. The van der Waals surface area contributed by atoms with Gasteiger partial charge in [-0.1, -0.05) is 12.8 Å². The molecule has 70 valence electrons. The second-order valence-corrected chi connectivity index (χ2v) is 3.49. The van der Waals surface area contributed by atoms with Gasteiger partial charge in [-0.25, -0.2) is 0 Å². The largest absolute Gasteiger partial charge is 0.352 e. The van der Waals surface area contributed by atoms with Gasteiger partial charge in [-0.3, -0.25) is 4.79 Å². The molecule has 0 unspecified atom stereocenters. The van der Waals surface area contributed by atoms with Gasteiger partial charge in [0.05, 0.1) is 0 Å². The summed E-state index contributed by atoms with van der Waals surface area (Å²) in [4.78, 5) is 10.8. The van der Waals surface area contributed by atoms with Crippen molar-refractivity contribution in [2.75, 3.05) is 7.05 Å². The van der Waals surface area contributed by atoms with Gasteiger partial charge in [0.2, 0.25) is 5.91 Å². The number of carbonyl (C=O) groups excluding carboxylic acids is 1. The Bertz CT molecular complexity index is 159. The number of amides is 1. The van der Waals surface area contributed by atoms with E-state index in [1.165, 1.54) is 19.3 Å². The molecule has 3 heteroatoms. The van der Waals surface area contributed by atoms with Gasteiger partial charge >= 0.3 is 0 Å². The van der Waals surface area contributed by atoms with E-state index in [4.69, 9.17) is 0 Å². The third-order valence-corrected chi connectivity index (χ3v) is 2.53. The lowest BCUT2D eigenvalue weighted by Gasteiger charge is -2.31. The number of likely N-dealkylation sites (N-methyl/N-ethyl adjacent to an activating group) is 1. The van der Waals surface area contributed by atoms with Crippen LogP contribution in [0.25, 0.3) is 0 Å². The molecule has 2 atom stereocenters. The first-order valence-corrected chi connectivity index (χ1v) is 4.68. The summed E-state index contributed by atoms with van der Waals surface area (Å²) in [6.07, 6.45) is 4.82. The molecular weight excluding hydrogens is 152 g/mol. The zero-order valence-electron chi connectivity index (χ0n) is 7.89. The molecule has 0 saturated heterocycles. The van der Waals surface area contributed by atoms with E-state index >= 15 is 0 Å². The first kappa shape index (κ1) is 9.52. The lowest BCUT2D eigenvalue weighted by atomic mass is 9.90. The Morgan fingerprint density at radius 1 is 1.25 bits per heavy atom. The average Bonchev–Trinajstić information content (AvgIpc) is 2.04. The zero-order valence-corrected chi connectivity index (χ0v) is 7.89. The molecule has 0 radical (unpaired) electrons. The predicted octanol–water partition coefficient (Wildman–Crippen LogP) is 0.653. The summed E-state index contributed by atoms with van der Waals surface area (Å²) < 4.78 is 0. The number of hydrogen-bond acceptors (Lipinski definition) is 2. The molecule has 0 aromatic carbocycles. The first-order chi connectivity index (χ1) is 5.74. The number of nitrogens with one attached hydrogen (secondary N) is 2. The normalized spacial score (nSPS) is 29.8. The fourth-order valence-corrected chi connectivity index (χ4v) is 1.91. The van der Waals surface area contributed by atoms with E-state index in [1.54, 1.807) is 6.92 Å². The van der Waals surface area contributed by atoms with Gasteiger partial charge in [0.1, 0.15) is 0 Å². The van der Waals surface area contributed by atoms with Crippen molar-refractivity contribution >= 4 is 5.91 Å². The van der Waals surface area contributed by atoms with Crippen LogP contribution >= 0.6 is 0 Å². The molecule has 0 aromatic heterocycles. The van der Waals surface area contributed by atoms with Crippen LogP contribution in [-0.2, 0) is 4.79 Å². The zero-order chi connectivity index (χ0) is 8.97. The summed E-state index contributed by atoms with van der Waals surface area (Å²) in [5.74, 6) is 0.0853. The maximum Gasteiger partial charge on any atom is 0.217 e. The number of carbonyl (C=O) groups is 1. The van der Waals surface area contributed by atoms with Crippen LogP contribution in [0, 0.1) is 0 Å². The summed E-state index contributed by atoms with van der Waals surface area (Å²) in [5.41, 5.74) is 0. The molecular formula is C9H18N2O. The van der Waals surface area contributed by atoms with E-state index in [0.29, 0.717) is 12.1 Å². The van der Waals surface area contributed by atoms with Crippen LogP contribution in [-0.4, -0.2) is 25.0 Å². The molecule has 1 saturated carbocycles. The SMILES string of the molecule is CN[C@H]1CCCC[C@H]1NC(C)=O. The lowest BCUT2D eigenvalue weighted by molar-refractivity contribution is -0.120. The molecule has 0 aromatic rings. The highest BCUT2D eigenvalue weighted by Crippen LogP contribution is 2.17. The van der Waals surface area contributed by atoms with Crippen molar-refractivity contribution in [2.45, 2.75) is 44.7 Å². The molecule has 1 aliphatic carbocycles. The van der Waals surface area contributed by atoms with Crippen LogP contribution in [0.5, 0.6) is 0 Å². The second-order valence-electron chi connectivity index (χ2n) is 3.49. The van der Waals surface area contributed by atoms with Gasteiger partial charge in [-0.2, -0.15) is 0 Å². The van der Waals surface area contributed by atoms with Crippen LogP contribution in [0.1, 0.15) is 32.6 Å². The minimum Gasteiger partial charge on any atom is -0.352 e. The maximum atomic E-state index is 10.8. The smallest absolute Gasteiger partial charge is 0.217 e. The van der Waals surface area contributed by atoms with E-state index in [1.807, 2.05) is 7.05 Å². The van der Waals surface area contributed by atoms with Crippen molar-refractivity contribution in [3.63, 3.8) is 0 Å². The molecule has 0 bridgehead atoms. The topological polar surface area (TPSA) is 41.1 Å².